The summed E-state index contributed by atoms with van der Waals surface area (Å²) in [5, 5.41) is 28.7. The fourth-order valence-corrected chi connectivity index (χ4v) is 4.01. The monoisotopic (exact) mass is 428 g/mol. The summed E-state index contributed by atoms with van der Waals surface area (Å²) in [5.41, 5.74) is 0. The Bertz CT molecular complexity index is 401. The Morgan fingerprint density at radius 2 is 1.40 bits per heavy atom. The van der Waals surface area contributed by atoms with Gasteiger partial charge in [-0.3, -0.25) is 0 Å². The molecule has 0 spiro atoms. The van der Waals surface area contributed by atoms with Crippen molar-refractivity contribution in [2.45, 2.75) is 128 Å². The fraction of sp³-hybridized carbons (Fsp3) is 0.920. The highest BCUT2D eigenvalue weighted by molar-refractivity contribution is 4.89. The van der Waals surface area contributed by atoms with Crippen LogP contribution >= 0.6 is 0 Å². The van der Waals surface area contributed by atoms with Gasteiger partial charge in [-0.05, 0) is 25.7 Å². The molecular formula is C25H48O5. The van der Waals surface area contributed by atoms with Crippen LogP contribution < -0.4 is 0 Å². The Morgan fingerprint density at radius 1 is 0.867 bits per heavy atom. The Hall–Kier alpha value is -0.460. The van der Waals surface area contributed by atoms with E-state index in [-0.39, 0.29) is 13.2 Å². The molecule has 4 atom stereocenters. The third-order valence-electron chi connectivity index (χ3n) is 5.93. The largest absolute Gasteiger partial charge is 0.394 e. The number of allylic oxidation sites excluding steroid dienone is 2. The van der Waals surface area contributed by atoms with E-state index in [0.717, 1.165) is 12.8 Å². The molecular weight excluding hydrogens is 380 g/mol. The van der Waals surface area contributed by atoms with Crippen molar-refractivity contribution in [3.05, 3.63) is 12.2 Å². The SMILES string of the molecule is CCC/C=C/CCCCCCCCCCCCCCO[C@H]1[C@@H]([C@H](O)CO)OC[C@@H]1O. The molecule has 5 nitrogen and oxygen atoms in total. The first-order chi connectivity index (χ1) is 14.7. The molecule has 0 aromatic carbocycles. The molecule has 1 rings (SSSR count). The molecule has 1 saturated heterocycles. The van der Waals surface area contributed by atoms with Gasteiger partial charge in [-0.2, -0.15) is 0 Å². The highest BCUT2D eigenvalue weighted by Gasteiger charge is 2.40. The molecule has 30 heavy (non-hydrogen) atoms. The molecule has 1 aliphatic rings. The minimum absolute atomic E-state index is 0.156. The van der Waals surface area contributed by atoms with Crippen LogP contribution in [0.25, 0.3) is 0 Å². The molecule has 1 heterocycles. The summed E-state index contributed by atoms with van der Waals surface area (Å²) in [5.74, 6) is 0. The number of unbranched alkanes of at least 4 members (excludes halogenated alkanes) is 13. The Labute approximate surface area is 184 Å². The minimum atomic E-state index is -1.00. The van der Waals surface area contributed by atoms with E-state index in [9.17, 15) is 10.2 Å². The summed E-state index contributed by atoms with van der Waals surface area (Å²) < 4.78 is 11.1. The molecule has 3 N–H and O–H groups in total. The van der Waals surface area contributed by atoms with Crippen molar-refractivity contribution in [3.8, 4) is 0 Å². The first-order valence-electron chi connectivity index (χ1n) is 12.6. The van der Waals surface area contributed by atoms with Crippen LogP contribution in [0.1, 0.15) is 103 Å². The molecule has 178 valence electrons. The van der Waals surface area contributed by atoms with Gasteiger partial charge in [-0.1, -0.05) is 89.7 Å². The minimum Gasteiger partial charge on any atom is -0.394 e. The smallest absolute Gasteiger partial charge is 0.114 e. The molecule has 0 aromatic heterocycles. The molecule has 0 aliphatic carbocycles. The quantitative estimate of drug-likeness (QED) is 0.190. The van der Waals surface area contributed by atoms with Crippen LogP contribution in [-0.4, -0.2) is 59.6 Å². The lowest BCUT2D eigenvalue weighted by molar-refractivity contribution is -0.0938. The summed E-state index contributed by atoms with van der Waals surface area (Å²) >= 11 is 0. The second kappa shape index (κ2) is 19.2. The lowest BCUT2D eigenvalue weighted by Crippen LogP contribution is -2.42. The van der Waals surface area contributed by atoms with Crippen molar-refractivity contribution in [1.29, 1.82) is 0 Å². The Balaban J connectivity index is 1.82. The van der Waals surface area contributed by atoms with E-state index < -0.39 is 24.4 Å². The molecule has 0 aromatic rings. The normalized spacial score (nSPS) is 22.9. The van der Waals surface area contributed by atoms with Gasteiger partial charge in [-0.15, -0.1) is 0 Å². The number of hydrogen-bond donors (Lipinski definition) is 3. The summed E-state index contributed by atoms with van der Waals surface area (Å²) in [7, 11) is 0. The third-order valence-corrected chi connectivity index (χ3v) is 5.93. The van der Waals surface area contributed by atoms with Crippen LogP contribution in [0.4, 0.5) is 0 Å². The third kappa shape index (κ3) is 13.1. The van der Waals surface area contributed by atoms with Gasteiger partial charge in [0, 0.05) is 6.61 Å². The van der Waals surface area contributed by atoms with Crippen LogP contribution in [0.5, 0.6) is 0 Å². The molecule has 0 saturated carbocycles. The molecule has 1 fully saturated rings. The lowest BCUT2D eigenvalue weighted by Gasteiger charge is -2.23. The zero-order valence-corrected chi connectivity index (χ0v) is 19.4. The second-order valence-electron chi connectivity index (χ2n) is 8.74. The maximum atomic E-state index is 9.90. The Kier molecular flexibility index (Phi) is 17.7. The molecule has 0 radical (unpaired) electrons. The van der Waals surface area contributed by atoms with Crippen molar-refractivity contribution in [3.63, 3.8) is 0 Å². The average Bonchev–Trinajstić information content (AvgIpc) is 3.12. The van der Waals surface area contributed by atoms with Crippen molar-refractivity contribution in [2.24, 2.45) is 0 Å². The summed E-state index contributed by atoms with van der Waals surface area (Å²) in [6, 6.07) is 0. The van der Waals surface area contributed by atoms with Crippen molar-refractivity contribution in [2.75, 3.05) is 19.8 Å². The van der Waals surface area contributed by atoms with Gasteiger partial charge < -0.3 is 24.8 Å². The number of aliphatic hydroxyl groups excluding tert-OH is 3. The highest BCUT2D eigenvalue weighted by Crippen LogP contribution is 2.21. The van der Waals surface area contributed by atoms with Crippen LogP contribution in [0.2, 0.25) is 0 Å². The van der Waals surface area contributed by atoms with E-state index in [1.165, 1.54) is 83.5 Å². The number of ether oxygens (including phenoxy) is 2. The Morgan fingerprint density at radius 3 is 1.97 bits per heavy atom. The maximum Gasteiger partial charge on any atom is 0.114 e. The van der Waals surface area contributed by atoms with E-state index in [1.807, 2.05) is 0 Å². The topological polar surface area (TPSA) is 79.2 Å². The van der Waals surface area contributed by atoms with Crippen LogP contribution in [-0.2, 0) is 9.47 Å². The number of aliphatic hydroxyl groups is 3. The van der Waals surface area contributed by atoms with Gasteiger partial charge >= 0.3 is 0 Å². The first kappa shape index (κ1) is 27.6. The fourth-order valence-electron chi connectivity index (χ4n) is 4.01. The average molecular weight is 429 g/mol. The number of hydrogen-bond acceptors (Lipinski definition) is 5. The maximum absolute atomic E-state index is 9.90. The molecule has 1 aliphatic heterocycles. The second-order valence-corrected chi connectivity index (χ2v) is 8.74. The molecule has 5 heteroatoms. The van der Waals surface area contributed by atoms with Crippen LogP contribution in [0.15, 0.2) is 12.2 Å². The first-order valence-corrected chi connectivity index (χ1v) is 12.6. The number of rotatable bonds is 20. The van der Waals surface area contributed by atoms with Gasteiger partial charge in [0.25, 0.3) is 0 Å². The summed E-state index contributed by atoms with van der Waals surface area (Å²) in [4.78, 5) is 0. The van der Waals surface area contributed by atoms with E-state index in [2.05, 4.69) is 19.1 Å². The van der Waals surface area contributed by atoms with Crippen molar-refractivity contribution < 1.29 is 24.8 Å². The highest BCUT2D eigenvalue weighted by atomic mass is 16.6. The van der Waals surface area contributed by atoms with E-state index in [0.29, 0.717) is 6.61 Å². The summed E-state index contributed by atoms with van der Waals surface area (Å²) in [6.07, 6.45) is 21.0. The van der Waals surface area contributed by atoms with Crippen LogP contribution in [0.3, 0.4) is 0 Å². The lowest BCUT2D eigenvalue weighted by atomic mass is 10.0. The van der Waals surface area contributed by atoms with Gasteiger partial charge in [0.1, 0.15) is 24.4 Å². The molecule has 0 unspecified atom stereocenters. The van der Waals surface area contributed by atoms with E-state index >= 15 is 0 Å². The van der Waals surface area contributed by atoms with Crippen LogP contribution in [0, 0.1) is 0 Å². The van der Waals surface area contributed by atoms with Gasteiger partial charge in [0.15, 0.2) is 0 Å². The van der Waals surface area contributed by atoms with Crippen molar-refractivity contribution >= 4 is 0 Å². The molecule has 0 amide bonds. The zero-order chi connectivity index (χ0) is 21.9. The van der Waals surface area contributed by atoms with Gasteiger partial charge in [0.05, 0.1) is 13.2 Å². The zero-order valence-electron chi connectivity index (χ0n) is 19.4. The predicted octanol–water partition coefficient (Wildman–Crippen LogP) is 4.91. The standard InChI is InChI=1S/C25H48O5/c1-2-3-4-5-6-7-8-9-10-11-12-13-14-15-16-17-18-19-29-25-23(28)21-30-24(25)22(27)20-26/h4-5,22-28H,2-3,6-21H2,1H3/b5-4+/t22-,23+,24-,25-/m1/s1. The van der Waals surface area contributed by atoms with E-state index in [1.54, 1.807) is 0 Å². The van der Waals surface area contributed by atoms with Gasteiger partial charge in [-0.25, -0.2) is 0 Å². The van der Waals surface area contributed by atoms with E-state index in [4.69, 9.17) is 14.6 Å². The molecule has 0 bridgehead atoms. The predicted molar refractivity (Wildman–Crippen MR) is 123 cm³/mol. The summed E-state index contributed by atoms with van der Waals surface area (Å²) in [6.45, 7) is 2.56. The van der Waals surface area contributed by atoms with Crippen molar-refractivity contribution in [1.82, 2.24) is 0 Å². The van der Waals surface area contributed by atoms with Gasteiger partial charge in [0.2, 0.25) is 0 Å².